The van der Waals surface area contributed by atoms with Crippen molar-refractivity contribution in [1.82, 2.24) is 0 Å². The molecule has 7 heteroatoms. The fraction of sp³-hybridized carbons (Fsp3) is 0.176. The highest BCUT2D eigenvalue weighted by Crippen LogP contribution is 2.29. The van der Waals surface area contributed by atoms with Gasteiger partial charge < -0.3 is 10.1 Å². The van der Waals surface area contributed by atoms with Gasteiger partial charge in [-0.05, 0) is 49.4 Å². The number of hydrogen-bond donors (Lipinski definition) is 1. The second kappa shape index (κ2) is 8.97. The number of carbonyl (C=O) groups is 2. The molecule has 0 aliphatic rings. The van der Waals surface area contributed by atoms with Crippen LogP contribution in [0, 0.1) is 0 Å². The number of amides is 1. The third-order valence-corrected chi connectivity index (χ3v) is 4.66. The number of benzene rings is 2. The standard InChI is InChI=1S/C17H15Cl2NO3S/c1-2-23-17(22)11-3-6-13(7-4-11)20-16(21)10-24-15-9-12(18)5-8-14(15)19/h3-9H,2,10H2,1H3,(H,20,21). The number of ether oxygens (including phenoxy) is 1. The fourth-order valence-corrected chi connectivity index (χ4v) is 3.13. The molecule has 0 bridgehead atoms. The minimum absolute atomic E-state index is 0.181. The van der Waals surface area contributed by atoms with Crippen LogP contribution in [0.25, 0.3) is 0 Å². The van der Waals surface area contributed by atoms with E-state index in [1.165, 1.54) is 11.8 Å². The van der Waals surface area contributed by atoms with Crippen molar-refractivity contribution in [1.29, 1.82) is 0 Å². The summed E-state index contributed by atoms with van der Waals surface area (Å²) in [6.45, 7) is 2.07. The second-order valence-electron chi connectivity index (χ2n) is 4.71. The summed E-state index contributed by atoms with van der Waals surface area (Å²) in [5.41, 5.74) is 1.04. The zero-order chi connectivity index (χ0) is 17.5. The van der Waals surface area contributed by atoms with E-state index in [2.05, 4.69) is 5.32 Å². The highest BCUT2D eigenvalue weighted by molar-refractivity contribution is 8.00. The minimum atomic E-state index is -0.387. The Morgan fingerprint density at radius 1 is 1.12 bits per heavy atom. The van der Waals surface area contributed by atoms with Crippen LogP contribution in [0.15, 0.2) is 47.4 Å². The molecule has 2 rings (SSSR count). The van der Waals surface area contributed by atoms with Gasteiger partial charge in [-0.15, -0.1) is 11.8 Å². The monoisotopic (exact) mass is 383 g/mol. The van der Waals surface area contributed by atoms with Gasteiger partial charge in [-0.1, -0.05) is 23.2 Å². The lowest BCUT2D eigenvalue weighted by molar-refractivity contribution is -0.113. The first-order valence-corrected chi connectivity index (χ1v) is 8.88. The number of halogens is 2. The van der Waals surface area contributed by atoms with Crippen LogP contribution in [0.5, 0.6) is 0 Å². The average molecular weight is 384 g/mol. The summed E-state index contributed by atoms with van der Waals surface area (Å²) in [5, 5.41) is 3.87. The molecule has 0 aliphatic heterocycles. The normalized spacial score (nSPS) is 10.3. The molecule has 0 radical (unpaired) electrons. The summed E-state index contributed by atoms with van der Waals surface area (Å²) in [4.78, 5) is 24.3. The van der Waals surface area contributed by atoms with E-state index in [4.69, 9.17) is 27.9 Å². The van der Waals surface area contributed by atoms with Crippen molar-refractivity contribution >= 4 is 52.5 Å². The molecular formula is C17H15Cl2NO3S. The Morgan fingerprint density at radius 2 is 1.83 bits per heavy atom. The molecule has 0 atom stereocenters. The minimum Gasteiger partial charge on any atom is -0.462 e. The number of anilines is 1. The van der Waals surface area contributed by atoms with Crippen molar-refractivity contribution in [2.24, 2.45) is 0 Å². The van der Waals surface area contributed by atoms with Gasteiger partial charge in [0.25, 0.3) is 0 Å². The van der Waals surface area contributed by atoms with Crippen LogP contribution in [-0.2, 0) is 9.53 Å². The van der Waals surface area contributed by atoms with Crippen LogP contribution >= 0.6 is 35.0 Å². The van der Waals surface area contributed by atoms with Crippen LogP contribution in [0.2, 0.25) is 10.0 Å². The van der Waals surface area contributed by atoms with Gasteiger partial charge in [0.05, 0.1) is 22.9 Å². The van der Waals surface area contributed by atoms with Gasteiger partial charge >= 0.3 is 5.97 Å². The molecule has 0 spiro atoms. The van der Waals surface area contributed by atoms with Gasteiger partial charge in [0, 0.05) is 15.6 Å². The zero-order valence-electron chi connectivity index (χ0n) is 12.8. The number of nitrogens with one attached hydrogen (secondary N) is 1. The quantitative estimate of drug-likeness (QED) is 0.569. The van der Waals surface area contributed by atoms with E-state index in [9.17, 15) is 9.59 Å². The Kier molecular flexibility index (Phi) is 6.97. The molecule has 0 aromatic heterocycles. The molecule has 126 valence electrons. The van der Waals surface area contributed by atoms with Crippen LogP contribution in [0.4, 0.5) is 5.69 Å². The lowest BCUT2D eigenvalue weighted by Crippen LogP contribution is -2.14. The summed E-state index contributed by atoms with van der Waals surface area (Å²) >= 11 is 13.3. The van der Waals surface area contributed by atoms with Gasteiger partial charge in [0.15, 0.2) is 0 Å². The van der Waals surface area contributed by atoms with E-state index in [1.807, 2.05) is 0 Å². The van der Waals surface area contributed by atoms with Gasteiger partial charge in [-0.25, -0.2) is 4.79 Å². The van der Waals surface area contributed by atoms with Crippen molar-refractivity contribution < 1.29 is 14.3 Å². The molecule has 24 heavy (non-hydrogen) atoms. The van der Waals surface area contributed by atoms with Crippen LogP contribution in [0.1, 0.15) is 17.3 Å². The molecule has 0 saturated carbocycles. The lowest BCUT2D eigenvalue weighted by atomic mass is 10.2. The number of thioether (sulfide) groups is 1. The highest BCUT2D eigenvalue weighted by Gasteiger charge is 2.09. The van der Waals surface area contributed by atoms with Crippen molar-refractivity contribution in [3.05, 3.63) is 58.1 Å². The van der Waals surface area contributed by atoms with Crippen molar-refractivity contribution in [2.75, 3.05) is 17.7 Å². The Balaban J connectivity index is 1.90. The maximum absolute atomic E-state index is 12.0. The molecule has 2 aromatic carbocycles. The number of hydrogen-bond acceptors (Lipinski definition) is 4. The Labute approximate surface area is 154 Å². The number of esters is 1. The summed E-state index contributed by atoms with van der Waals surface area (Å²) in [7, 11) is 0. The van der Waals surface area contributed by atoms with Crippen molar-refractivity contribution in [2.45, 2.75) is 11.8 Å². The van der Waals surface area contributed by atoms with Crippen molar-refractivity contribution in [3.8, 4) is 0 Å². The third kappa shape index (κ3) is 5.44. The molecule has 2 aromatic rings. The summed E-state index contributed by atoms with van der Waals surface area (Å²) in [5.74, 6) is -0.374. The van der Waals surface area contributed by atoms with Gasteiger partial charge in [0.2, 0.25) is 5.91 Å². The van der Waals surface area contributed by atoms with E-state index in [1.54, 1.807) is 49.4 Å². The van der Waals surface area contributed by atoms with E-state index in [0.717, 1.165) is 4.90 Å². The summed E-state index contributed by atoms with van der Waals surface area (Å²) in [6.07, 6.45) is 0. The van der Waals surface area contributed by atoms with E-state index < -0.39 is 0 Å². The molecule has 4 nitrogen and oxygen atoms in total. The van der Waals surface area contributed by atoms with Crippen molar-refractivity contribution in [3.63, 3.8) is 0 Å². The Hall–Kier alpha value is -1.69. The predicted octanol–water partition coefficient (Wildman–Crippen LogP) is 4.90. The molecule has 0 heterocycles. The second-order valence-corrected chi connectivity index (χ2v) is 6.57. The fourth-order valence-electron chi connectivity index (χ4n) is 1.83. The molecule has 0 saturated heterocycles. The molecule has 1 amide bonds. The molecular weight excluding hydrogens is 369 g/mol. The first kappa shape index (κ1) is 18.6. The lowest BCUT2D eigenvalue weighted by Gasteiger charge is -2.07. The zero-order valence-corrected chi connectivity index (χ0v) is 15.2. The van der Waals surface area contributed by atoms with Gasteiger partial charge in [-0.3, -0.25) is 4.79 Å². The van der Waals surface area contributed by atoms with Gasteiger partial charge in [0.1, 0.15) is 0 Å². The molecule has 0 fully saturated rings. The van der Waals surface area contributed by atoms with E-state index >= 15 is 0 Å². The first-order chi connectivity index (χ1) is 11.5. The van der Waals surface area contributed by atoms with Crippen LogP contribution in [0.3, 0.4) is 0 Å². The molecule has 1 N–H and O–H groups in total. The number of rotatable bonds is 6. The number of carbonyl (C=O) groups excluding carboxylic acids is 2. The largest absolute Gasteiger partial charge is 0.462 e. The SMILES string of the molecule is CCOC(=O)c1ccc(NC(=O)CSc2cc(Cl)ccc2Cl)cc1. The predicted molar refractivity (Wildman–Crippen MR) is 98.2 cm³/mol. The summed E-state index contributed by atoms with van der Waals surface area (Å²) < 4.78 is 4.90. The maximum Gasteiger partial charge on any atom is 0.338 e. The van der Waals surface area contributed by atoms with Crippen LogP contribution in [-0.4, -0.2) is 24.2 Å². The van der Waals surface area contributed by atoms with Gasteiger partial charge in [-0.2, -0.15) is 0 Å². The van der Waals surface area contributed by atoms with E-state index in [-0.39, 0.29) is 17.6 Å². The molecule has 0 aliphatic carbocycles. The smallest absolute Gasteiger partial charge is 0.338 e. The maximum atomic E-state index is 12.0. The average Bonchev–Trinajstić information content (AvgIpc) is 2.56. The topological polar surface area (TPSA) is 55.4 Å². The Bertz CT molecular complexity index is 735. The first-order valence-electron chi connectivity index (χ1n) is 7.14. The third-order valence-electron chi connectivity index (χ3n) is 2.93. The van der Waals surface area contributed by atoms with E-state index in [0.29, 0.717) is 27.9 Å². The molecule has 0 unspecified atom stereocenters. The van der Waals surface area contributed by atoms with Crippen LogP contribution < -0.4 is 5.32 Å². The summed E-state index contributed by atoms with van der Waals surface area (Å²) in [6, 6.07) is 11.6. The Morgan fingerprint density at radius 3 is 2.50 bits per heavy atom. The highest BCUT2D eigenvalue weighted by atomic mass is 35.5.